The van der Waals surface area contributed by atoms with Crippen LogP contribution in [0.15, 0.2) is 0 Å². The first kappa shape index (κ1) is 10.0. The van der Waals surface area contributed by atoms with Crippen molar-refractivity contribution in [3.05, 3.63) is 0 Å². The van der Waals surface area contributed by atoms with Gasteiger partial charge in [-0.1, -0.05) is 6.42 Å². The van der Waals surface area contributed by atoms with Crippen molar-refractivity contribution in [1.29, 1.82) is 0 Å². The van der Waals surface area contributed by atoms with E-state index in [2.05, 4.69) is 26.2 Å². The first-order chi connectivity index (χ1) is 5.74. The second-order valence-corrected chi connectivity index (χ2v) is 3.97. The number of rotatable bonds is 4. The van der Waals surface area contributed by atoms with E-state index in [4.69, 9.17) is 4.74 Å². The summed E-state index contributed by atoms with van der Waals surface area (Å²) in [4.78, 5) is 0. The highest BCUT2D eigenvalue weighted by molar-refractivity contribution is 4.81. The minimum absolute atomic E-state index is 0.378. The average molecular weight is 171 g/mol. The van der Waals surface area contributed by atoms with Crippen molar-refractivity contribution in [2.45, 2.75) is 45.3 Å². The van der Waals surface area contributed by atoms with E-state index in [1.165, 1.54) is 19.3 Å². The van der Waals surface area contributed by atoms with Crippen LogP contribution in [0, 0.1) is 5.92 Å². The highest BCUT2D eigenvalue weighted by Crippen LogP contribution is 2.25. The van der Waals surface area contributed by atoms with Crippen molar-refractivity contribution >= 4 is 0 Å². The van der Waals surface area contributed by atoms with Gasteiger partial charge in [0.1, 0.15) is 0 Å². The van der Waals surface area contributed by atoms with E-state index in [1.54, 1.807) is 0 Å². The molecule has 72 valence electrons. The average Bonchev–Trinajstić information content (AvgIpc) is 2.47. The molecular formula is C10H21NO. The van der Waals surface area contributed by atoms with E-state index < -0.39 is 0 Å². The quantitative estimate of drug-likeness (QED) is 0.696. The van der Waals surface area contributed by atoms with E-state index in [0.29, 0.717) is 12.1 Å². The van der Waals surface area contributed by atoms with Gasteiger partial charge in [0.05, 0.1) is 12.7 Å². The van der Waals surface area contributed by atoms with Gasteiger partial charge >= 0.3 is 0 Å². The molecule has 0 aromatic heterocycles. The van der Waals surface area contributed by atoms with Crippen molar-refractivity contribution in [2.75, 3.05) is 13.7 Å². The predicted octanol–water partition coefficient (Wildman–Crippen LogP) is 1.80. The van der Waals surface area contributed by atoms with E-state index in [1.807, 2.05) is 0 Å². The Morgan fingerprint density at radius 2 is 2.17 bits per heavy atom. The maximum atomic E-state index is 5.62. The molecule has 0 heterocycles. The van der Waals surface area contributed by atoms with Gasteiger partial charge in [-0.15, -0.1) is 0 Å². The molecule has 0 aromatic carbocycles. The summed E-state index contributed by atoms with van der Waals surface area (Å²) >= 11 is 0. The van der Waals surface area contributed by atoms with Gasteiger partial charge < -0.3 is 10.1 Å². The Kier molecular flexibility index (Phi) is 4.02. The van der Waals surface area contributed by atoms with Gasteiger partial charge in [0, 0.05) is 6.04 Å². The van der Waals surface area contributed by atoms with Crippen LogP contribution in [0.3, 0.4) is 0 Å². The third-order valence-corrected chi connectivity index (χ3v) is 2.67. The van der Waals surface area contributed by atoms with Gasteiger partial charge in [0.2, 0.25) is 0 Å². The molecule has 0 bridgehead atoms. The molecule has 0 spiro atoms. The summed E-state index contributed by atoms with van der Waals surface area (Å²) in [5, 5.41) is 3.36. The molecule has 1 saturated carbocycles. The summed E-state index contributed by atoms with van der Waals surface area (Å²) < 4.78 is 5.62. The van der Waals surface area contributed by atoms with E-state index in [-0.39, 0.29) is 0 Å². The summed E-state index contributed by atoms with van der Waals surface area (Å²) in [7, 11) is 2.05. The second kappa shape index (κ2) is 4.83. The van der Waals surface area contributed by atoms with Gasteiger partial charge in [-0.25, -0.2) is 0 Å². The largest absolute Gasteiger partial charge is 0.378 e. The molecule has 2 heteroatoms. The Morgan fingerprint density at radius 1 is 1.42 bits per heavy atom. The Balaban J connectivity index is 2.21. The molecular weight excluding hydrogens is 150 g/mol. The van der Waals surface area contributed by atoms with Gasteiger partial charge in [0.25, 0.3) is 0 Å². The molecule has 0 saturated heterocycles. The molecule has 0 aromatic rings. The fourth-order valence-corrected chi connectivity index (χ4v) is 1.93. The van der Waals surface area contributed by atoms with Crippen LogP contribution in [0.4, 0.5) is 0 Å². The normalized spacial score (nSPS) is 30.0. The van der Waals surface area contributed by atoms with Crippen LogP contribution in [0.2, 0.25) is 0 Å². The lowest BCUT2D eigenvalue weighted by molar-refractivity contribution is 0.0467. The Labute approximate surface area is 75.7 Å². The molecule has 1 fully saturated rings. The smallest absolute Gasteiger partial charge is 0.0519 e. The predicted molar refractivity (Wildman–Crippen MR) is 51.3 cm³/mol. The minimum atomic E-state index is 0.378. The molecule has 12 heavy (non-hydrogen) atoms. The third-order valence-electron chi connectivity index (χ3n) is 2.67. The second-order valence-electron chi connectivity index (χ2n) is 3.97. The fraction of sp³-hybridized carbons (Fsp3) is 1.00. The van der Waals surface area contributed by atoms with E-state index in [0.717, 1.165) is 12.5 Å². The molecule has 1 rings (SSSR count). The van der Waals surface area contributed by atoms with Crippen LogP contribution in [0.5, 0.6) is 0 Å². The first-order valence-electron chi connectivity index (χ1n) is 5.03. The topological polar surface area (TPSA) is 21.3 Å². The van der Waals surface area contributed by atoms with Crippen LogP contribution >= 0.6 is 0 Å². The Hall–Kier alpha value is -0.0800. The summed E-state index contributed by atoms with van der Waals surface area (Å²) in [6.45, 7) is 5.13. The molecule has 0 aliphatic heterocycles. The molecule has 1 aliphatic rings. The van der Waals surface area contributed by atoms with Crippen LogP contribution in [0.1, 0.15) is 33.1 Å². The maximum absolute atomic E-state index is 5.62. The minimum Gasteiger partial charge on any atom is -0.378 e. The van der Waals surface area contributed by atoms with Gasteiger partial charge in [-0.2, -0.15) is 0 Å². The highest BCUT2D eigenvalue weighted by Gasteiger charge is 2.25. The molecule has 2 atom stereocenters. The van der Waals surface area contributed by atoms with Crippen molar-refractivity contribution in [3.63, 3.8) is 0 Å². The first-order valence-corrected chi connectivity index (χ1v) is 5.03. The van der Waals surface area contributed by atoms with E-state index >= 15 is 0 Å². The monoisotopic (exact) mass is 171 g/mol. The summed E-state index contributed by atoms with van der Waals surface area (Å²) in [5.41, 5.74) is 0. The lowest BCUT2D eigenvalue weighted by Crippen LogP contribution is -2.32. The zero-order valence-electron chi connectivity index (χ0n) is 8.47. The van der Waals surface area contributed by atoms with E-state index in [9.17, 15) is 0 Å². The Bertz CT molecular complexity index is 125. The van der Waals surface area contributed by atoms with Crippen LogP contribution in [0.25, 0.3) is 0 Å². The third kappa shape index (κ3) is 2.76. The maximum Gasteiger partial charge on any atom is 0.0519 e. The zero-order valence-corrected chi connectivity index (χ0v) is 8.47. The van der Waals surface area contributed by atoms with Crippen molar-refractivity contribution in [3.8, 4) is 0 Å². The molecule has 0 amide bonds. The van der Waals surface area contributed by atoms with Gasteiger partial charge in [0.15, 0.2) is 0 Å². The standard InChI is InChI=1S/C10H21NO/c1-8(2)12-7-9-5-4-6-10(9)11-3/h8-11H,4-7H2,1-3H3. The Morgan fingerprint density at radius 3 is 2.75 bits per heavy atom. The number of hydrogen-bond donors (Lipinski definition) is 1. The lowest BCUT2D eigenvalue weighted by atomic mass is 10.1. The van der Waals surface area contributed by atoms with Crippen molar-refractivity contribution in [2.24, 2.45) is 5.92 Å². The molecule has 2 nitrogen and oxygen atoms in total. The van der Waals surface area contributed by atoms with Gasteiger partial charge in [-0.05, 0) is 39.7 Å². The van der Waals surface area contributed by atoms with Gasteiger partial charge in [-0.3, -0.25) is 0 Å². The fourth-order valence-electron chi connectivity index (χ4n) is 1.93. The molecule has 1 aliphatic carbocycles. The van der Waals surface area contributed by atoms with Crippen molar-refractivity contribution in [1.82, 2.24) is 5.32 Å². The summed E-state index contributed by atoms with van der Waals surface area (Å²) in [5.74, 6) is 0.748. The van der Waals surface area contributed by atoms with Crippen LogP contribution in [-0.4, -0.2) is 25.8 Å². The number of nitrogens with one attached hydrogen (secondary N) is 1. The summed E-state index contributed by atoms with van der Waals surface area (Å²) in [6, 6.07) is 0.698. The number of ether oxygens (including phenoxy) is 1. The summed E-state index contributed by atoms with van der Waals surface area (Å²) in [6.07, 6.45) is 4.39. The SMILES string of the molecule is CNC1CCCC1COC(C)C. The molecule has 0 radical (unpaired) electrons. The highest BCUT2D eigenvalue weighted by atomic mass is 16.5. The zero-order chi connectivity index (χ0) is 8.97. The lowest BCUT2D eigenvalue weighted by Gasteiger charge is -2.19. The van der Waals surface area contributed by atoms with Crippen LogP contribution in [-0.2, 0) is 4.74 Å². The van der Waals surface area contributed by atoms with Crippen LogP contribution < -0.4 is 5.32 Å². The number of hydrogen-bond acceptors (Lipinski definition) is 2. The molecule has 2 unspecified atom stereocenters. The molecule has 1 N–H and O–H groups in total. The van der Waals surface area contributed by atoms with Crippen molar-refractivity contribution < 1.29 is 4.74 Å².